The third-order valence-electron chi connectivity index (χ3n) is 3.65. The van der Waals surface area contributed by atoms with Crippen LogP contribution in [0.15, 0.2) is 22.7 Å². The van der Waals surface area contributed by atoms with E-state index in [0.29, 0.717) is 23.8 Å². The second-order valence-electron chi connectivity index (χ2n) is 5.08. The quantitative estimate of drug-likeness (QED) is 0.838. The molecule has 0 bridgehead atoms. The van der Waals surface area contributed by atoms with Gasteiger partial charge in [0.1, 0.15) is 0 Å². The number of anilines is 1. The van der Waals surface area contributed by atoms with Gasteiger partial charge in [-0.15, -0.1) is 0 Å². The average molecular weight is 326 g/mol. The third kappa shape index (κ3) is 3.70. The monoisotopic (exact) mass is 325 g/mol. The van der Waals surface area contributed by atoms with Gasteiger partial charge in [0.15, 0.2) is 0 Å². The zero-order chi connectivity index (χ0) is 13.8. The van der Waals surface area contributed by atoms with Crippen molar-refractivity contribution in [2.24, 2.45) is 0 Å². The van der Waals surface area contributed by atoms with Gasteiger partial charge in [0.2, 0.25) is 0 Å². The van der Waals surface area contributed by atoms with Crippen LogP contribution in [0.2, 0.25) is 0 Å². The zero-order valence-corrected chi connectivity index (χ0v) is 12.7. The van der Waals surface area contributed by atoms with Gasteiger partial charge in [-0.2, -0.15) is 0 Å². The van der Waals surface area contributed by atoms with E-state index < -0.39 is 0 Å². The fraction of sp³-hybridized carbons (Fsp3) is 0.500. The molecule has 3 N–H and O–H groups in total. The number of hydrogen-bond acceptors (Lipinski definition) is 3. The number of halogens is 1. The van der Waals surface area contributed by atoms with E-state index >= 15 is 0 Å². The first kappa shape index (κ1) is 14.3. The molecule has 5 heteroatoms. The molecular weight excluding hydrogens is 306 g/mol. The Morgan fingerprint density at radius 1 is 1.53 bits per heavy atom. The summed E-state index contributed by atoms with van der Waals surface area (Å²) < 4.78 is 0.774. The van der Waals surface area contributed by atoms with Crippen LogP contribution in [-0.4, -0.2) is 37.0 Å². The molecule has 104 valence electrons. The molecule has 0 aliphatic carbocycles. The lowest BCUT2D eigenvalue weighted by molar-refractivity contribution is 0.0928. The predicted molar refractivity (Wildman–Crippen MR) is 81.2 cm³/mol. The summed E-state index contributed by atoms with van der Waals surface area (Å²) in [4.78, 5) is 14.5. The van der Waals surface area contributed by atoms with Gasteiger partial charge in [0, 0.05) is 22.7 Å². The van der Waals surface area contributed by atoms with Crippen LogP contribution in [-0.2, 0) is 0 Å². The normalized spacial score (nSPS) is 20.2. The number of benzene rings is 1. The number of piperidine rings is 1. The second kappa shape index (κ2) is 6.39. The zero-order valence-electron chi connectivity index (χ0n) is 11.2. The first-order chi connectivity index (χ1) is 9.08. The number of nitrogens with two attached hydrogens (primary N) is 1. The van der Waals surface area contributed by atoms with Crippen molar-refractivity contribution in [3.63, 3.8) is 0 Å². The number of hydrogen-bond donors (Lipinski definition) is 2. The van der Waals surface area contributed by atoms with Gasteiger partial charge in [-0.1, -0.05) is 6.42 Å². The van der Waals surface area contributed by atoms with Crippen molar-refractivity contribution in [3.8, 4) is 0 Å². The minimum Gasteiger partial charge on any atom is -0.399 e. The number of likely N-dealkylation sites (N-methyl/N-ethyl adjacent to an activating group) is 1. The molecule has 19 heavy (non-hydrogen) atoms. The van der Waals surface area contributed by atoms with Crippen LogP contribution in [0.3, 0.4) is 0 Å². The molecule has 1 saturated heterocycles. The fourth-order valence-corrected chi connectivity index (χ4v) is 2.85. The summed E-state index contributed by atoms with van der Waals surface area (Å²) in [5, 5.41) is 3.00. The van der Waals surface area contributed by atoms with Crippen molar-refractivity contribution in [1.29, 1.82) is 0 Å². The molecular formula is C14H20BrN3O. The van der Waals surface area contributed by atoms with E-state index in [1.807, 2.05) is 0 Å². The lowest BCUT2D eigenvalue weighted by atomic mass is 10.0. The molecule has 1 aliphatic heterocycles. The highest BCUT2D eigenvalue weighted by Gasteiger charge is 2.20. The van der Waals surface area contributed by atoms with Crippen LogP contribution >= 0.6 is 15.9 Å². The molecule has 1 aromatic rings. The van der Waals surface area contributed by atoms with E-state index in [4.69, 9.17) is 5.73 Å². The Kier molecular flexibility index (Phi) is 4.82. The Morgan fingerprint density at radius 3 is 3.05 bits per heavy atom. The minimum atomic E-state index is -0.0712. The van der Waals surface area contributed by atoms with Gasteiger partial charge in [0.25, 0.3) is 5.91 Å². The van der Waals surface area contributed by atoms with Gasteiger partial charge in [-0.3, -0.25) is 4.79 Å². The van der Waals surface area contributed by atoms with Crippen LogP contribution in [0, 0.1) is 0 Å². The highest BCUT2D eigenvalue weighted by molar-refractivity contribution is 9.10. The van der Waals surface area contributed by atoms with Crippen molar-refractivity contribution < 1.29 is 4.79 Å². The first-order valence-corrected chi connectivity index (χ1v) is 7.40. The Hall–Kier alpha value is -1.07. The number of carbonyl (C=O) groups is 1. The van der Waals surface area contributed by atoms with Crippen LogP contribution in [0.4, 0.5) is 5.69 Å². The molecule has 1 aliphatic rings. The molecule has 1 heterocycles. The van der Waals surface area contributed by atoms with Crippen molar-refractivity contribution in [3.05, 3.63) is 28.2 Å². The van der Waals surface area contributed by atoms with Gasteiger partial charge in [-0.25, -0.2) is 0 Å². The van der Waals surface area contributed by atoms with Crippen molar-refractivity contribution in [2.45, 2.75) is 25.3 Å². The average Bonchev–Trinajstić information content (AvgIpc) is 2.40. The number of nitrogens with one attached hydrogen (secondary N) is 1. The van der Waals surface area contributed by atoms with Gasteiger partial charge >= 0.3 is 0 Å². The Bertz CT molecular complexity index is 464. The Balaban J connectivity index is 1.95. The molecule has 2 rings (SSSR count). The van der Waals surface area contributed by atoms with Crippen LogP contribution in [0.1, 0.15) is 29.6 Å². The summed E-state index contributed by atoms with van der Waals surface area (Å²) in [6.45, 7) is 1.80. The second-order valence-corrected chi connectivity index (χ2v) is 5.93. The van der Waals surface area contributed by atoms with E-state index in [-0.39, 0.29) is 5.91 Å². The van der Waals surface area contributed by atoms with Crippen molar-refractivity contribution >= 4 is 27.5 Å². The minimum absolute atomic E-state index is 0.0712. The summed E-state index contributed by atoms with van der Waals surface area (Å²) in [5.41, 5.74) is 6.91. The third-order valence-corrected chi connectivity index (χ3v) is 4.35. The molecule has 0 saturated carbocycles. The SMILES string of the molecule is CN1CCCCC1CNC(=O)c1cc(N)ccc1Br. The van der Waals surface area contributed by atoms with Crippen LogP contribution in [0.5, 0.6) is 0 Å². The summed E-state index contributed by atoms with van der Waals surface area (Å²) in [6, 6.07) is 5.72. The Morgan fingerprint density at radius 2 is 2.32 bits per heavy atom. The topological polar surface area (TPSA) is 58.4 Å². The summed E-state index contributed by atoms with van der Waals surface area (Å²) in [6.07, 6.45) is 3.64. The Labute approximate surface area is 122 Å². The summed E-state index contributed by atoms with van der Waals surface area (Å²) >= 11 is 3.38. The molecule has 1 amide bonds. The van der Waals surface area contributed by atoms with Gasteiger partial charge in [-0.05, 0) is 60.6 Å². The molecule has 1 atom stereocenters. The molecule has 4 nitrogen and oxygen atoms in total. The van der Waals surface area contributed by atoms with E-state index in [9.17, 15) is 4.79 Å². The number of amides is 1. The summed E-state index contributed by atoms with van der Waals surface area (Å²) in [7, 11) is 2.12. The highest BCUT2D eigenvalue weighted by Crippen LogP contribution is 2.20. The fourth-order valence-electron chi connectivity index (χ4n) is 2.42. The number of rotatable bonds is 3. The van der Waals surface area contributed by atoms with Gasteiger partial charge < -0.3 is 16.0 Å². The first-order valence-electron chi connectivity index (χ1n) is 6.61. The number of nitrogen functional groups attached to an aromatic ring is 1. The highest BCUT2D eigenvalue weighted by atomic mass is 79.9. The lowest BCUT2D eigenvalue weighted by Gasteiger charge is -2.32. The smallest absolute Gasteiger partial charge is 0.252 e. The standard InChI is InChI=1S/C14H20BrN3O/c1-18-7-3-2-4-11(18)9-17-14(19)12-8-10(16)5-6-13(12)15/h5-6,8,11H,2-4,7,9,16H2,1H3,(H,17,19). The van der Waals surface area contributed by atoms with Gasteiger partial charge in [0.05, 0.1) is 5.56 Å². The van der Waals surface area contributed by atoms with E-state index in [2.05, 4.69) is 33.2 Å². The van der Waals surface area contributed by atoms with Crippen molar-refractivity contribution in [2.75, 3.05) is 25.9 Å². The maximum Gasteiger partial charge on any atom is 0.252 e. The molecule has 1 unspecified atom stereocenters. The van der Waals surface area contributed by atoms with Crippen molar-refractivity contribution in [1.82, 2.24) is 10.2 Å². The van der Waals surface area contributed by atoms with Crippen LogP contribution in [0.25, 0.3) is 0 Å². The molecule has 0 aromatic heterocycles. The molecule has 1 fully saturated rings. The summed E-state index contributed by atoms with van der Waals surface area (Å²) in [5.74, 6) is -0.0712. The van der Waals surface area contributed by atoms with Crippen LogP contribution < -0.4 is 11.1 Å². The lowest BCUT2D eigenvalue weighted by Crippen LogP contribution is -2.44. The van der Waals surface area contributed by atoms with E-state index in [1.165, 1.54) is 12.8 Å². The predicted octanol–water partition coefficient (Wildman–Crippen LogP) is 2.25. The molecule has 0 radical (unpaired) electrons. The maximum atomic E-state index is 12.2. The largest absolute Gasteiger partial charge is 0.399 e. The van der Waals surface area contributed by atoms with E-state index in [0.717, 1.165) is 17.4 Å². The number of nitrogens with zero attached hydrogens (tertiary/aromatic N) is 1. The number of carbonyl (C=O) groups excluding carboxylic acids is 1. The molecule has 1 aromatic carbocycles. The number of likely N-dealkylation sites (tertiary alicyclic amines) is 1. The van der Waals surface area contributed by atoms with E-state index in [1.54, 1.807) is 18.2 Å². The maximum absolute atomic E-state index is 12.2. The molecule has 0 spiro atoms.